The number of anilines is 1. The van der Waals surface area contributed by atoms with Crippen LogP contribution in [0.3, 0.4) is 0 Å². The van der Waals surface area contributed by atoms with Crippen LogP contribution in [0, 0.1) is 11.0 Å². The highest BCUT2D eigenvalue weighted by atomic mass is 35.5. The van der Waals surface area contributed by atoms with E-state index in [-0.39, 0.29) is 29.1 Å². The number of fused-ring (bicyclic) bond motifs is 1. The predicted octanol–water partition coefficient (Wildman–Crippen LogP) is 1.64. The summed E-state index contributed by atoms with van der Waals surface area (Å²) in [5.74, 6) is -0.598. The van der Waals surface area contributed by atoms with Crippen LogP contribution in [0.15, 0.2) is 30.5 Å². The Balaban J connectivity index is 1.85. The van der Waals surface area contributed by atoms with Crippen LogP contribution >= 0.6 is 11.6 Å². The summed E-state index contributed by atoms with van der Waals surface area (Å²) in [6.07, 6.45) is 1.49. The molecule has 21 heavy (non-hydrogen) atoms. The highest BCUT2D eigenvalue weighted by Gasteiger charge is 2.28. The van der Waals surface area contributed by atoms with Gasteiger partial charge in [-0.3, -0.25) is 4.79 Å². The van der Waals surface area contributed by atoms with Gasteiger partial charge in [-0.05, 0) is 35.1 Å². The number of hydrogen-bond acceptors (Lipinski definition) is 3. The van der Waals surface area contributed by atoms with Crippen molar-refractivity contribution in [2.45, 2.75) is 12.8 Å². The van der Waals surface area contributed by atoms with Crippen molar-refractivity contribution in [3.05, 3.63) is 58.0 Å². The molecule has 3 rings (SSSR count). The normalized spacial score (nSPS) is 13.3. The second kappa shape index (κ2) is 5.29. The second-order valence-electron chi connectivity index (χ2n) is 4.70. The highest BCUT2D eigenvalue weighted by Crippen LogP contribution is 2.30. The van der Waals surface area contributed by atoms with Gasteiger partial charge in [-0.25, -0.2) is 9.12 Å². The lowest BCUT2D eigenvalue weighted by Gasteiger charge is -2.16. The van der Waals surface area contributed by atoms with Crippen molar-refractivity contribution < 1.29 is 13.9 Å². The molecular formula is C14H11ClFN3O2. The second-order valence-corrected chi connectivity index (χ2v) is 5.09. The average molecular weight is 308 g/mol. The Morgan fingerprint density at radius 3 is 3.10 bits per heavy atom. The molecule has 1 amide bonds. The van der Waals surface area contributed by atoms with Gasteiger partial charge >= 0.3 is 5.82 Å². The zero-order chi connectivity index (χ0) is 15.0. The van der Waals surface area contributed by atoms with E-state index < -0.39 is 0 Å². The van der Waals surface area contributed by atoms with E-state index in [1.54, 1.807) is 12.1 Å². The number of rotatable bonds is 2. The number of aromatic nitrogens is 2. The molecule has 1 aliphatic heterocycles. The zero-order valence-electron chi connectivity index (χ0n) is 10.9. The van der Waals surface area contributed by atoms with E-state index in [9.17, 15) is 14.4 Å². The van der Waals surface area contributed by atoms with Gasteiger partial charge in [-0.15, -0.1) is 0 Å². The molecule has 2 aromatic rings. The molecular weight excluding hydrogens is 297 g/mol. The van der Waals surface area contributed by atoms with Gasteiger partial charge in [0.2, 0.25) is 11.1 Å². The maximum absolute atomic E-state index is 13.6. The number of halogens is 2. The first-order valence-corrected chi connectivity index (χ1v) is 6.76. The van der Waals surface area contributed by atoms with Gasteiger partial charge in [-0.2, -0.15) is 0 Å². The lowest BCUT2D eigenvalue weighted by molar-refractivity contribution is -0.616. The Labute approximate surface area is 125 Å². The first kappa shape index (κ1) is 13.8. The van der Waals surface area contributed by atoms with Gasteiger partial charge in [0.05, 0.1) is 6.20 Å². The van der Waals surface area contributed by atoms with E-state index in [1.165, 1.54) is 23.2 Å². The van der Waals surface area contributed by atoms with Crippen molar-refractivity contribution in [2.24, 2.45) is 0 Å². The van der Waals surface area contributed by atoms with Crippen LogP contribution in [0.25, 0.3) is 0 Å². The van der Waals surface area contributed by atoms with Crippen molar-refractivity contribution in [1.29, 1.82) is 0 Å². The molecule has 0 saturated carbocycles. The van der Waals surface area contributed by atoms with Crippen LogP contribution in [-0.4, -0.2) is 17.4 Å². The monoisotopic (exact) mass is 307 g/mol. The SMILES string of the molecule is O=C(Cc1nc(Cl)cc[n+]1[O-])N1CCc2c(F)cccc21. The minimum atomic E-state index is -0.317. The Kier molecular flexibility index (Phi) is 3.47. The third kappa shape index (κ3) is 2.54. The van der Waals surface area contributed by atoms with E-state index in [1.807, 2.05) is 0 Å². The summed E-state index contributed by atoms with van der Waals surface area (Å²) < 4.78 is 14.2. The molecule has 1 aliphatic rings. The summed E-state index contributed by atoms with van der Waals surface area (Å²) in [5.41, 5.74) is 1.08. The molecule has 0 atom stereocenters. The Bertz CT molecular complexity index is 723. The van der Waals surface area contributed by atoms with E-state index in [4.69, 9.17) is 11.6 Å². The molecule has 0 radical (unpaired) electrons. The number of carbonyl (C=O) groups excluding carboxylic acids is 1. The maximum atomic E-state index is 13.6. The molecule has 0 unspecified atom stereocenters. The van der Waals surface area contributed by atoms with Gasteiger partial charge in [0.15, 0.2) is 0 Å². The first-order chi connectivity index (χ1) is 10.1. The Morgan fingerprint density at radius 2 is 2.29 bits per heavy atom. The van der Waals surface area contributed by atoms with Gasteiger partial charge < -0.3 is 10.1 Å². The van der Waals surface area contributed by atoms with E-state index in [0.717, 1.165) is 0 Å². The van der Waals surface area contributed by atoms with Gasteiger partial charge in [0.25, 0.3) is 0 Å². The fraction of sp³-hybridized carbons (Fsp3) is 0.214. The van der Waals surface area contributed by atoms with Crippen molar-refractivity contribution in [3.8, 4) is 0 Å². The lowest BCUT2D eigenvalue weighted by Crippen LogP contribution is -2.38. The fourth-order valence-electron chi connectivity index (χ4n) is 2.42. The smallest absolute Gasteiger partial charge is 0.312 e. The highest BCUT2D eigenvalue weighted by molar-refractivity contribution is 6.29. The number of hydrogen-bond donors (Lipinski definition) is 0. The molecule has 5 nitrogen and oxygen atoms in total. The van der Waals surface area contributed by atoms with Gasteiger partial charge in [-0.1, -0.05) is 6.07 Å². The minimum Gasteiger partial charge on any atom is -0.711 e. The molecule has 108 valence electrons. The molecule has 0 bridgehead atoms. The van der Waals surface area contributed by atoms with Gasteiger partial charge in [0.1, 0.15) is 12.2 Å². The van der Waals surface area contributed by atoms with E-state index in [2.05, 4.69) is 4.98 Å². The van der Waals surface area contributed by atoms with E-state index in [0.29, 0.717) is 28.9 Å². The van der Waals surface area contributed by atoms with Crippen molar-refractivity contribution in [2.75, 3.05) is 11.4 Å². The molecule has 0 saturated heterocycles. The molecule has 7 heteroatoms. The molecule has 1 aromatic carbocycles. The number of nitrogens with zero attached hydrogens (tertiary/aromatic N) is 3. The van der Waals surface area contributed by atoms with Crippen LogP contribution in [-0.2, 0) is 17.6 Å². The third-order valence-electron chi connectivity index (χ3n) is 3.42. The van der Waals surface area contributed by atoms with E-state index >= 15 is 0 Å². The first-order valence-electron chi connectivity index (χ1n) is 6.38. The summed E-state index contributed by atoms with van der Waals surface area (Å²) in [4.78, 5) is 17.6. The largest absolute Gasteiger partial charge is 0.711 e. The van der Waals surface area contributed by atoms with Crippen LogP contribution in [0.1, 0.15) is 11.4 Å². The minimum absolute atomic E-state index is 0.0253. The lowest BCUT2D eigenvalue weighted by atomic mass is 10.1. The summed E-state index contributed by atoms with van der Waals surface area (Å²) in [6.45, 7) is 0.397. The molecule has 0 N–H and O–H groups in total. The summed E-state index contributed by atoms with van der Waals surface area (Å²) in [5, 5.41) is 11.7. The molecule has 0 spiro atoms. The molecule has 1 aromatic heterocycles. The fourth-order valence-corrected chi connectivity index (χ4v) is 2.58. The van der Waals surface area contributed by atoms with Crippen LogP contribution in [0.4, 0.5) is 10.1 Å². The molecule has 0 fully saturated rings. The van der Waals surface area contributed by atoms with Crippen LogP contribution < -0.4 is 9.63 Å². The quantitative estimate of drug-likeness (QED) is 0.481. The molecule has 2 heterocycles. The number of carbonyl (C=O) groups is 1. The van der Waals surface area contributed by atoms with Crippen molar-refractivity contribution in [3.63, 3.8) is 0 Å². The number of benzene rings is 1. The van der Waals surface area contributed by atoms with Crippen molar-refractivity contribution >= 4 is 23.2 Å². The van der Waals surface area contributed by atoms with Crippen molar-refractivity contribution in [1.82, 2.24) is 4.98 Å². The molecule has 0 aliphatic carbocycles. The number of amides is 1. The third-order valence-corrected chi connectivity index (χ3v) is 3.63. The summed E-state index contributed by atoms with van der Waals surface area (Å²) in [7, 11) is 0. The van der Waals surface area contributed by atoms with Gasteiger partial charge in [0, 0.05) is 23.9 Å². The Hall–Kier alpha value is -2.21. The summed E-state index contributed by atoms with van der Waals surface area (Å²) in [6, 6.07) is 5.98. The van der Waals surface area contributed by atoms with Crippen LogP contribution in [0.2, 0.25) is 5.15 Å². The maximum Gasteiger partial charge on any atom is 0.312 e. The standard InChI is InChI=1S/C14H11ClFN3O2/c15-12-5-7-19(21)13(17-12)8-14(20)18-6-4-9-10(16)2-1-3-11(9)18/h1-3,5,7H,4,6,8H2. The Morgan fingerprint density at radius 1 is 1.48 bits per heavy atom. The predicted molar refractivity (Wildman–Crippen MR) is 74.4 cm³/mol. The summed E-state index contributed by atoms with van der Waals surface area (Å²) >= 11 is 5.72. The average Bonchev–Trinajstić information content (AvgIpc) is 2.88. The topological polar surface area (TPSA) is 60.1 Å². The van der Waals surface area contributed by atoms with Crippen LogP contribution in [0.5, 0.6) is 0 Å². The zero-order valence-corrected chi connectivity index (χ0v) is 11.7.